The van der Waals surface area contributed by atoms with Gasteiger partial charge in [-0.1, -0.05) is 11.2 Å². The lowest BCUT2D eigenvalue weighted by Crippen LogP contribution is -2.46. The summed E-state index contributed by atoms with van der Waals surface area (Å²) in [5, 5.41) is 17.5. The van der Waals surface area contributed by atoms with Gasteiger partial charge in [-0.25, -0.2) is 4.39 Å². The van der Waals surface area contributed by atoms with Gasteiger partial charge in [0, 0.05) is 23.8 Å². The molecule has 0 aliphatic carbocycles. The fourth-order valence-corrected chi connectivity index (χ4v) is 4.61. The summed E-state index contributed by atoms with van der Waals surface area (Å²) in [6.45, 7) is 5.38. The smallest absolute Gasteiger partial charge is 0.378 e. The van der Waals surface area contributed by atoms with E-state index in [0.29, 0.717) is 36.1 Å². The maximum atomic E-state index is 14.5. The van der Waals surface area contributed by atoms with Crippen molar-refractivity contribution in [1.29, 1.82) is 0 Å². The number of aromatic nitrogens is 5. The molecule has 10 nitrogen and oxygen atoms in total. The first kappa shape index (κ1) is 27.6. The van der Waals surface area contributed by atoms with Gasteiger partial charge >= 0.3 is 6.18 Å². The lowest BCUT2D eigenvalue weighted by molar-refractivity contribution is -0.139. The SMILES string of the molecule is CC(C)(C)n1cc(C(=O)NCc2nc(-c3cc4c(N[C@@H]5CNCC[C@@H]5F)cccc4n3CC(F)(F)F)no2)cn1. The summed E-state index contributed by atoms with van der Waals surface area (Å²) in [5.74, 6) is -0.471. The second-order valence-electron chi connectivity index (χ2n) is 10.8. The average molecular weight is 563 g/mol. The van der Waals surface area contributed by atoms with Gasteiger partial charge in [0.15, 0.2) is 0 Å². The highest BCUT2D eigenvalue weighted by molar-refractivity contribution is 5.96. The van der Waals surface area contributed by atoms with Crippen LogP contribution in [0, 0.1) is 0 Å². The second kappa shape index (κ2) is 10.6. The molecule has 1 aliphatic heterocycles. The van der Waals surface area contributed by atoms with Crippen LogP contribution in [0.4, 0.5) is 23.2 Å². The molecule has 1 aromatic carbocycles. The number of hydrogen-bond donors (Lipinski definition) is 3. The minimum Gasteiger partial charge on any atom is -0.378 e. The number of amides is 1. The molecule has 14 heteroatoms. The zero-order chi connectivity index (χ0) is 28.7. The third kappa shape index (κ3) is 5.96. The van der Waals surface area contributed by atoms with Crippen LogP contribution in [0.2, 0.25) is 0 Å². The Balaban J connectivity index is 1.40. The number of benzene rings is 1. The quantitative estimate of drug-likeness (QED) is 0.289. The number of carbonyl (C=O) groups excluding carboxylic acids is 1. The molecule has 1 aliphatic rings. The number of alkyl halides is 4. The number of carbonyl (C=O) groups is 1. The fraction of sp³-hybridized carbons (Fsp3) is 0.462. The van der Waals surface area contributed by atoms with Gasteiger partial charge in [0.2, 0.25) is 11.7 Å². The van der Waals surface area contributed by atoms with E-state index < -0.39 is 30.8 Å². The van der Waals surface area contributed by atoms with E-state index in [2.05, 4.69) is 31.2 Å². The Kier molecular flexibility index (Phi) is 7.29. The van der Waals surface area contributed by atoms with Gasteiger partial charge in [0.1, 0.15) is 12.7 Å². The van der Waals surface area contributed by atoms with Crippen molar-refractivity contribution in [2.75, 3.05) is 18.4 Å². The molecule has 1 fully saturated rings. The van der Waals surface area contributed by atoms with Crippen molar-refractivity contribution in [3.8, 4) is 11.5 Å². The van der Waals surface area contributed by atoms with Crippen LogP contribution in [0.5, 0.6) is 0 Å². The van der Waals surface area contributed by atoms with Crippen molar-refractivity contribution >= 4 is 22.5 Å². The van der Waals surface area contributed by atoms with Crippen LogP contribution in [0.15, 0.2) is 41.2 Å². The molecule has 0 saturated carbocycles. The molecule has 40 heavy (non-hydrogen) atoms. The zero-order valence-corrected chi connectivity index (χ0v) is 22.2. The molecular formula is C26H30F4N8O2. The van der Waals surface area contributed by atoms with E-state index in [4.69, 9.17) is 4.52 Å². The van der Waals surface area contributed by atoms with E-state index in [1.165, 1.54) is 12.3 Å². The van der Waals surface area contributed by atoms with Crippen molar-refractivity contribution in [2.45, 2.75) is 64.2 Å². The standard InChI is InChI=1S/C26H30F4N8O2/c1-25(2,3)38-13-15(10-33-38)24(39)32-12-22-35-23(36-40-22)21-9-16-18(34-19-11-31-8-7-17(19)27)5-4-6-20(16)37(21)14-26(28,29)30/h4-6,9-10,13,17,19,31,34H,7-8,11-12,14H2,1-3H3,(H,32,39)/t17-,19+/m0/s1. The van der Waals surface area contributed by atoms with Gasteiger partial charge in [-0.3, -0.25) is 9.48 Å². The van der Waals surface area contributed by atoms with Gasteiger partial charge in [0.05, 0.1) is 41.1 Å². The predicted molar refractivity (Wildman–Crippen MR) is 139 cm³/mol. The Morgan fingerprint density at radius 1 is 1.25 bits per heavy atom. The van der Waals surface area contributed by atoms with Crippen LogP contribution in [0.25, 0.3) is 22.4 Å². The Hall–Kier alpha value is -3.94. The molecule has 0 spiro atoms. The molecule has 4 heterocycles. The summed E-state index contributed by atoms with van der Waals surface area (Å²) < 4.78 is 63.3. The van der Waals surface area contributed by atoms with Gasteiger partial charge in [-0.2, -0.15) is 23.3 Å². The zero-order valence-electron chi connectivity index (χ0n) is 22.2. The Bertz CT molecular complexity index is 1500. The number of fused-ring (bicyclic) bond motifs is 1. The summed E-state index contributed by atoms with van der Waals surface area (Å²) in [4.78, 5) is 16.8. The number of halogens is 4. The number of anilines is 1. The third-order valence-corrected chi connectivity index (χ3v) is 6.65. The monoisotopic (exact) mass is 562 g/mol. The molecule has 2 atom stereocenters. The normalized spacial score (nSPS) is 18.3. The van der Waals surface area contributed by atoms with Crippen LogP contribution in [-0.2, 0) is 18.6 Å². The molecule has 0 bridgehead atoms. The van der Waals surface area contributed by atoms with Crippen molar-refractivity contribution in [2.24, 2.45) is 0 Å². The van der Waals surface area contributed by atoms with Crippen molar-refractivity contribution in [3.05, 3.63) is 48.1 Å². The highest BCUT2D eigenvalue weighted by atomic mass is 19.4. The van der Waals surface area contributed by atoms with E-state index in [0.717, 1.165) is 4.57 Å². The van der Waals surface area contributed by atoms with Crippen molar-refractivity contribution in [1.82, 2.24) is 35.1 Å². The predicted octanol–water partition coefficient (Wildman–Crippen LogP) is 4.25. The average Bonchev–Trinajstić information content (AvgIpc) is 3.62. The number of rotatable bonds is 7. The molecule has 1 amide bonds. The summed E-state index contributed by atoms with van der Waals surface area (Å²) in [6, 6.07) is 5.88. The number of hydrogen-bond acceptors (Lipinski definition) is 7. The fourth-order valence-electron chi connectivity index (χ4n) is 4.61. The van der Waals surface area contributed by atoms with Gasteiger partial charge in [-0.05, 0) is 51.9 Å². The van der Waals surface area contributed by atoms with E-state index in [9.17, 15) is 22.4 Å². The van der Waals surface area contributed by atoms with E-state index in [1.807, 2.05) is 20.8 Å². The minimum absolute atomic E-state index is 0.0160. The molecule has 0 unspecified atom stereocenters. The first-order valence-electron chi connectivity index (χ1n) is 12.9. The van der Waals surface area contributed by atoms with Gasteiger partial charge in [0.25, 0.3) is 5.91 Å². The maximum Gasteiger partial charge on any atom is 0.406 e. The first-order valence-corrected chi connectivity index (χ1v) is 12.9. The minimum atomic E-state index is -4.53. The molecule has 3 aromatic heterocycles. The topological polar surface area (TPSA) is 115 Å². The van der Waals surface area contributed by atoms with E-state index in [-0.39, 0.29) is 35.0 Å². The molecule has 0 radical (unpaired) electrons. The molecule has 1 saturated heterocycles. The molecule has 3 N–H and O–H groups in total. The van der Waals surface area contributed by atoms with Crippen LogP contribution in [0.3, 0.4) is 0 Å². The Morgan fingerprint density at radius 2 is 2.05 bits per heavy atom. The van der Waals surface area contributed by atoms with Crippen LogP contribution in [0.1, 0.15) is 43.4 Å². The van der Waals surface area contributed by atoms with Crippen molar-refractivity contribution < 1.29 is 26.9 Å². The summed E-state index contributed by atoms with van der Waals surface area (Å²) >= 11 is 0. The molecular weight excluding hydrogens is 532 g/mol. The summed E-state index contributed by atoms with van der Waals surface area (Å²) in [6.07, 6.45) is -2.22. The highest BCUT2D eigenvalue weighted by Gasteiger charge is 2.32. The largest absolute Gasteiger partial charge is 0.406 e. The third-order valence-electron chi connectivity index (χ3n) is 6.65. The van der Waals surface area contributed by atoms with Gasteiger partial charge in [-0.15, -0.1) is 0 Å². The maximum absolute atomic E-state index is 14.5. The highest BCUT2D eigenvalue weighted by Crippen LogP contribution is 2.34. The second-order valence-corrected chi connectivity index (χ2v) is 10.8. The van der Waals surface area contributed by atoms with Crippen LogP contribution < -0.4 is 16.0 Å². The Labute approximate surface area is 227 Å². The van der Waals surface area contributed by atoms with Crippen molar-refractivity contribution in [3.63, 3.8) is 0 Å². The Morgan fingerprint density at radius 3 is 2.75 bits per heavy atom. The van der Waals surface area contributed by atoms with E-state index in [1.54, 1.807) is 29.1 Å². The number of nitrogens with zero attached hydrogens (tertiary/aromatic N) is 5. The summed E-state index contributed by atoms with van der Waals surface area (Å²) in [5.41, 5.74) is 0.900. The van der Waals surface area contributed by atoms with E-state index >= 15 is 0 Å². The number of nitrogens with one attached hydrogen (secondary N) is 3. The van der Waals surface area contributed by atoms with Crippen LogP contribution in [-0.4, -0.2) is 61.9 Å². The molecule has 5 rings (SSSR count). The summed E-state index contributed by atoms with van der Waals surface area (Å²) in [7, 11) is 0. The molecule has 4 aromatic rings. The number of piperidine rings is 1. The lowest BCUT2D eigenvalue weighted by Gasteiger charge is -2.28. The molecule has 214 valence electrons. The van der Waals surface area contributed by atoms with Gasteiger partial charge < -0.3 is 25.0 Å². The lowest BCUT2D eigenvalue weighted by atomic mass is 10.0. The first-order chi connectivity index (χ1) is 18.9. The van der Waals surface area contributed by atoms with Crippen LogP contribution >= 0.6 is 0 Å².